The number of carbonyl (C=O) groups excluding carboxylic acids is 1. The molecule has 0 saturated carbocycles. The molecular formula is C13H18O2. The lowest BCUT2D eigenvalue weighted by atomic mass is 9.99. The summed E-state index contributed by atoms with van der Waals surface area (Å²) in [7, 11) is 0. The molecule has 0 heterocycles. The molecule has 0 atom stereocenters. The van der Waals surface area contributed by atoms with E-state index in [1.165, 1.54) is 0 Å². The maximum Gasteiger partial charge on any atom is 0.338 e. The predicted octanol–water partition coefficient (Wildman–Crippen LogP) is 3.20. The van der Waals surface area contributed by atoms with Crippen molar-refractivity contribution in [3.8, 4) is 0 Å². The molecule has 0 unspecified atom stereocenters. The topological polar surface area (TPSA) is 26.3 Å². The van der Waals surface area contributed by atoms with Gasteiger partial charge in [-0.15, -0.1) is 0 Å². The third kappa shape index (κ3) is 4.15. The zero-order valence-electron chi connectivity index (χ0n) is 9.83. The summed E-state index contributed by atoms with van der Waals surface area (Å²) in [6.07, 6.45) is 0. The second kappa shape index (κ2) is 4.47. The first-order valence-electron chi connectivity index (χ1n) is 5.12. The van der Waals surface area contributed by atoms with Crippen molar-refractivity contribution in [3.05, 3.63) is 35.4 Å². The van der Waals surface area contributed by atoms with E-state index < -0.39 is 0 Å². The fraction of sp³-hybridized carbons (Fsp3) is 0.462. The summed E-state index contributed by atoms with van der Waals surface area (Å²) in [5.74, 6) is -0.245. The van der Waals surface area contributed by atoms with Crippen molar-refractivity contribution in [2.24, 2.45) is 5.41 Å². The predicted molar refractivity (Wildman–Crippen MR) is 60.9 cm³/mol. The van der Waals surface area contributed by atoms with Crippen LogP contribution in [0.5, 0.6) is 0 Å². The van der Waals surface area contributed by atoms with Gasteiger partial charge < -0.3 is 4.74 Å². The van der Waals surface area contributed by atoms with E-state index in [4.69, 9.17) is 4.74 Å². The Labute approximate surface area is 91.3 Å². The minimum absolute atomic E-state index is 0.0142. The van der Waals surface area contributed by atoms with Crippen LogP contribution in [0.1, 0.15) is 36.7 Å². The fourth-order valence-corrected chi connectivity index (χ4v) is 1.06. The molecule has 82 valence electrons. The lowest BCUT2D eigenvalue weighted by Crippen LogP contribution is -2.18. The second-order valence-corrected chi connectivity index (χ2v) is 5.00. The van der Waals surface area contributed by atoms with Crippen LogP contribution in [-0.4, -0.2) is 12.6 Å². The van der Waals surface area contributed by atoms with Gasteiger partial charge in [0.1, 0.15) is 0 Å². The van der Waals surface area contributed by atoms with E-state index in [0.29, 0.717) is 12.2 Å². The Hall–Kier alpha value is -1.31. The number of aryl methyl sites for hydroxylation is 1. The number of rotatable bonds is 2. The van der Waals surface area contributed by atoms with E-state index in [-0.39, 0.29) is 11.4 Å². The van der Waals surface area contributed by atoms with Crippen LogP contribution in [0.15, 0.2) is 24.3 Å². The zero-order chi connectivity index (χ0) is 11.5. The van der Waals surface area contributed by atoms with Crippen LogP contribution in [0, 0.1) is 12.3 Å². The van der Waals surface area contributed by atoms with Crippen molar-refractivity contribution in [3.63, 3.8) is 0 Å². The first-order chi connectivity index (χ1) is 6.88. The number of ether oxygens (including phenoxy) is 1. The van der Waals surface area contributed by atoms with Gasteiger partial charge in [0.15, 0.2) is 0 Å². The maximum atomic E-state index is 11.6. The van der Waals surface area contributed by atoms with Gasteiger partial charge in [-0.2, -0.15) is 0 Å². The summed E-state index contributed by atoms with van der Waals surface area (Å²) in [6.45, 7) is 8.55. The van der Waals surface area contributed by atoms with Gasteiger partial charge in [0.05, 0.1) is 12.2 Å². The Morgan fingerprint density at radius 1 is 1.20 bits per heavy atom. The minimum atomic E-state index is -0.245. The van der Waals surface area contributed by atoms with Crippen LogP contribution in [0.2, 0.25) is 0 Å². The van der Waals surface area contributed by atoms with Gasteiger partial charge in [0.25, 0.3) is 0 Å². The Morgan fingerprint density at radius 3 is 2.20 bits per heavy atom. The summed E-state index contributed by atoms with van der Waals surface area (Å²) in [5, 5.41) is 0. The highest BCUT2D eigenvalue weighted by atomic mass is 16.5. The first kappa shape index (κ1) is 11.8. The van der Waals surface area contributed by atoms with Gasteiger partial charge >= 0.3 is 5.97 Å². The minimum Gasteiger partial charge on any atom is -0.462 e. The van der Waals surface area contributed by atoms with Gasteiger partial charge in [0.2, 0.25) is 0 Å². The molecule has 1 rings (SSSR count). The molecule has 0 radical (unpaired) electrons. The van der Waals surface area contributed by atoms with Gasteiger partial charge in [-0.3, -0.25) is 0 Å². The fourth-order valence-electron chi connectivity index (χ4n) is 1.06. The molecule has 0 aliphatic carbocycles. The standard InChI is InChI=1S/C13H18O2/c1-10-5-7-11(8-6-10)12(14)15-9-13(2,3)4/h5-8H,9H2,1-4H3. The second-order valence-electron chi connectivity index (χ2n) is 5.00. The number of hydrogen-bond donors (Lipinski definition) is 0. The summed E-state index contributed by atoms with van der Waals surface area (Å²) in [5.41, 5.74) is 1.77. The van der Waals surface area contributed by atoms with Crippen LogP contribution in [0.25, 0.3) is 0 Å². The third-order valence-electron chi connectivity index (χ3n) is 1.92. The number of hydrogen-bond acceptors (Lipinski definition) is 2. The molecule has 0 amide bonds. The van der Waals surface area contributed by atoms with Crippen molar-refractivity contribution in [1.82, 2.24) is 0 Å². The zero-order valence-corrected chi connectivity index (χ0v) is 9.83. The van der Waals surface area contributed by atoms with Crippen molar-refractivity contribution >= 4 is 5.97 Å². The van der Waals surface area contributed by atoms with E-state index in [9.17, 15) is 4.79 Å². The Bertz CT molecular complexity index is 331. The molecule has 0 N–H and O–H groups in total. The number of benzene rings is 1. The Morgan fingerprint density at radius 2 is 1.73 bits per heavy atom. The monoisotopic (exact) mass is 206 g/mol. The Kier molecular flexibility index (Phi) is 3.51. The summed E-state index contributed by atoms with van der Waals surface area (Å²) in [4.78, 5) is 11.6. The smallest absolute Gasteiger partial charge is 0.338 e. The highest BCUT2D eigenvalue weighted by molar-refractivity contribution is 5.89. The summed E-state index contributed by atoms with van der Waals surface area (Å²) < 4.78 is 5.19. The molecule has 0 spiro atoms. The van der Waals surface area contributed by atoms with E-state index in [0.717, 1.165) is 5.56 Å². The maximum absolute atomic E-state index is 11.6. The van der Waals surface area contributed by atoms with E-state index in [1.807, 2.05) is 39.8 Å². The molecule has 1 aromatic rings. The van der Waals surface area contributed by atoms with Crippen molar-refractivity contribution in [2.75, 3.05) is 6.61 Å². The quantitative estimate of drug-likeness (QED) is 0.694. The molecule has 0 bridgehead atoms. The summed E-state index contributed by atoms with van der Waals surface area (Å²) >= 11 is 0. The van der Waals surface area contributed by atoms with E-state index in [1.54, 1.807) is 12.1 Å². The molecule has 0 aliphatic heterocycles. The van der Waals surface area contributed by atoms with Crippen LogP contribution in [0.3, 0.4) is 0 Å². The van der Waals surface area contributed by atoms with Gasteiger partial charge in [-0.05, 0) is 24.5 Å². The first-order valence-corrected chi connectivity index (χ1v) is 5.12. The molecular weight excluding hydrogens is 188 g/mol. The SMILES string of the molecule is Cc1ccc(C(=O)OCC(C)(C)C)cc1. The molecule has 0 aromatic heterocycles. The molecule has 15 heavy (non-hydrogen) atoms. The van der Waals surface area contributed by atoms with Crippen molar-refractivity contribution in [2.45, 2.75) is 27.7 Å². The van der Waals surface area contributed by atoms with Gasteiger partial charge in [0, 0.05) is 0 Å². The van der Waals surface area contributed by atoms with Gasteiger partial charge in [-0.1, -0.05) is 38.5 Å². The number of esters is 1. The van der Waals surface area contributed by atoms with Crippen LogP contribution < -0.4 is 0 Å². The van der Waals surface area contributed by atoms with E-state index in [2.05, 4.69) is 0 Å². The van der Waals surface area contributed by atoms with Gasteiger partial charge in [-0.25, -0.2) is 4.79 Å². The highest BCUT2D eigenvalue weighted by Gasteiger charge is 2.14. The molecule has 0 fully saturated rings. The molecule has 0 saturated heterocycles. The Balaban J connectivity index is 2.58. The van der Waals surface area contributed by atoms with Crippen molar-refractivity contribution in [1.29, 1.82) is 0 Å². The lowest BCUT2D eigenvalue weighted by molar-refractivity contribution is 0.0367. The normalized spacial score (nSPS) is 11.2. The average Bonchev–Trinajstić information content (AvgIpc) is 2.14. The van der Waals surface area contributed by atoms with Crippen molar-refractivity contribution < 1.29 is 9.53 Å². The highest BCUT2D eigenvalue weighted by Crippen LogP contribution is 2.14. The molecule has 1 aromatic carbocycles. The van der Waals surface area contributed by atoms with Crippen LogP contribution in [-0.2, 0) is 4.74 Å². The average molecular weight is 206 g/mol. The lowest BCUT2D eigenvalue weighted by Gasteiger charge is -2.17. The largest absolute Gasteiger partial charge is 0.462 e. The summed E-state index contributed by atoms with van der Waals surface area (Å²) in [6, 6.07) is 7.40. The van der Waals surface area contributed by atoms with Crippen LogP contribution in [0.4, 0.5) is 0 Å². The molecule has 2 nitrogen and oxygen atoms in total. The van der Waals surface area contributed by atoms with Crippen LogP contribution >= 0.6 is 0 Å². The van der Waals surface area contributed by atoms with E-state index >= 15 is 0 Å². The molecule has 2 heteroatoms. The number of carbonyl (C=O) groups is 1. The molecule has 0 aliphatic rings. The third-order valence-corrected chi connectivity index (χ3v) is 1.92.